The van der Waals surface area contributed by atoms with E-state index in [9.17, 15) is 9.18 Å². The van der Waals surface area contributed by atoms with Crippen molar-refractivity contribution in [3.05, 3.63) is 57.9 Å². The minimum absolute atomic E-state index is 0.0768. The first kappa shape index (κ1) is 16.5. The lowest BCUT2D eigenvalue weighted by atomic mass is 9.97. The zero-order valence-corrected chi connectivity index (χ0v) is 14.3. The number of aliphatic imine (C=N–C) groups is 1. The number of methoxy groups -OCH3 is 1. The summed E-state index contributed by atoms with van der Waals surface area (Å²) in [5, 5.41) is 0.454. The summed E-state index contributed by atoms with van der Waals surface area (Å²) < 4.78 is 19.6. The molecule has 1 heterocycles. The van der Waals surface area contributed by atoms with Gasteiger partial charge in [-0.15, -0.1) is 0 Å². The van der Waals surface area contributed by atoms with Crippen LogP contribution in [0.5, 0.6) is 5.75 Å². The first-order valence-electron chi connectivity index (χ1n) is 7.38. The van der Waals surface area contributed by atoms with Crippen molar-refractivity contribution >= 4 is 28.9 Å². The SMILES string of the molecule is COc1ccc(F)c(C2=NCC(=O)N(C)c3ccc(C)c(Cl)c32)c1. The predicted octanol–water partition coefficient (Wildman–Crippen LogP) is 3.61. The zero-order valence-electron chi connectivity index (χ0n) is 13.6. The molecule has 0 spiro atoms. The highest BCUT2D eigenvalue weighted by molar-refractivity contribution is 6.38. The van der Waals surface area contributed by atoms with Crippen LogP contribution in [-0.2, 0) is 4.79 Å². The number of halogens is 2. The van der Waals surface area contributed by atoms with E-state index in [-0.39, 0.29) is 18.0 Å². The Morgan fingerprint density at radius 3 is 2.75 bits per heavy atom. The summed E-state index contributed by atoms with van der Waals surface area (Å²) >= 11 is 6.49. The van der Waals surface area contributed by atoms with Gasteiger partial charge in [-0.25, -0.2) is 4.39 Å². The van der Waals surface area contributed by atoms with Crippen molar-refractivity contribution in [3.63, 3.8) is 0 Å². The third-order valence-corrected chi connectivity index (χ3v) is 4.57. The molecule has 0 aliphatic carbocycles. The van der Waals surface area contributed by atoms with Crippen LogP contribution in [0.4, 0.5) is 10.1 Å². The number of likely N-dealkylation sites (N-methyl/N-ethyl adjacent to an activating group) is 1. The largest absolute Gasteiger partial charge is 0.497 e. The van der Waals surface area contributed by atoms with Gasteiger partial charge >= 0.3 is 0 Å². The molecule has 0 saturated carbocycles. The zero-order chi connectivity index (χ0) is 17.4. The molecule has 2 aromatic carbocycles. The molecule has 0 unspecified atom stereocenters. The number of anilines is 1. The van der Waals surface area contributed by atoms with Crippen LogP contribution >= 0.6 is 11.6 Å². The second-order valence-electron chi connectivity index (χ2n) is 5.55. The van der Waals surface area contributed by atoms with Crippen molar-refractivity contribution in [3.8, 4) is 5.75 Å². The van der Waals surface area contributed by atoms with Gasteiger partial charge in [0.15, 0.2) is 0 Å². The molecule has 6 heteroatoms. The summed E-state index contributed by atoms with van der Waals surface area (Å²) in [5.74, 6) is -0.132. The molecule has 4 nitrogen and oxygen atoms in total. The maximum Gasteiger partial charge on any atom is 0.248 e. The van der Waals surface area contributed by atoms with E-state index >= 15 is 0 Å². The molecular weight excluding hydrogens is 331 g/mol. The molecule has 0 fully saturated rings. The van der Waals surface area contributed by atoms with E-state index in [2.05, 4.69) is 4.99 Å². The Morgan fingerprint density at radius 1 is 1.29 bits per heavy atom. The predicted molar refractivity (Wildman–Crippen MR) is 93.1 cm³/mol. The molecule has 0 N–H and O–H groups in total. The van der Waals surface area contributed by atoms with Crippen LogP contribution in [0.25, 0.3) is 0 Å². The van der Waals surface area contributed by atoms with E-state index in [0.29, 0.717) is 27.7 Å². The van der Waals surface area contributed by atoms with Crippen LogP contribution in [0.2, 0.25) is 5.02 Å². The van der Waals surface area contributed by atoms with Gasteiger partial charge in [-0.1, -0.05) is 17.7 Å². The number of benzene rings is 2. The molecule has 24 heavy (non-hydrogen) atoms. The quantitative estimate of drug-likeness (QED) is 0.833. The fourth-order valence-corrected chi connectivity index (χ4v) is 2.92. The van der Waals surface area contributed by atoms with E-state index in [4.69, 9.17) is 16.3 Å². The standard InChI is InChI=1S/C18H16ClFN2O2/c1-10-4-7-14-16(17(10)19)18(21-9-15(23)22(14)2)12-8-11(24-3)5-6-13(12)20/h4-8H,9H2,1-3H3. The van der Waals surface area contributed by atoms with Crippen molar-refractivity contribution in [1.82, 2.24) is 0 Å². The van der Waals surface area contributed by atoms with E-state index in [0.717, 1.165) is 5.56 Å². The van der Waals surface area contributed by atoms with E-state index in [1.54, 1.807) is 19.2 Å². The number of fused-ring (bicyclic) bond motifs is 1. The molecule has 1 amide bonds. The molecule has 0 saturated heterocycles. The molecule has 0 bridgehead atoms. The number of carbonyl (C=O) groups excluding carboxylic acids is 1. The minimum atomic E-state index is -0.449. The van der Waals surface area contributed by atoms with Crippen molar-refractivity contribution in [2.24, 2.45) is 4.99 Å². The number of ether oxygens (including phenoxy) is 1. The summed E-state index contributed by atoms with van der Waals surface area (Å²) in [5.41, 5.74) is 2.60. The van der Waals surface area contributed by atoms with Gasteiger partial charge in [0.1, 0.15) is 18.1 Å². The highest BCUT2D eigenvalue weighted by Crippen LogP contribution is 2.35. The van der Waals surface area contributed by atoms with E-state index in [1.807, 2.05) is 13.0 Å². The maximum atomic E-state index is 14.5. The second-order valence-corrected chi connectivity index (χ2v) is 5.93. The average Bonchev–Trinajstić information content (AvgIpc) is 2.70. The number of hydrogen-bond donors (Lipinski definition) is 0. The second kappa shape index (κ2) is 6.24. The molecule has 0 aromatic heterocycles. The summed E-state index contributed by atoms with van der Waals surface area (Å²) in [4.78, 5) is 18.1. The first-order valence-corrected chi connectivity index (χ1v) is 7.76. The van der Waals surface area contributed by atoms with Gasteiger partial charge in [-0.05, 0) is 36.8 Å². The van der Waals surface area contributed by atoms with Crippen LogP contribution in [-0.4, -0.2) is 32.3 Å². The van der Waals surface area contributed by atoms with Gasteiger partial charge in [0, 0.05) is 18.2 Å². The maximum absolute atomic E-state index is 14.5. The third-order valence-electron chi connectivity index (χ3n) is 4.09. The summed E-state index contributed by atoms with van der Waals surface area (Å²) in [7, 11) is 3.17. The molecule has 1 aliphatic heterocycles. The van der Waals surface area contributed by atoms with Crippen molar-refractivity contribution in [2.75, 3.05) is 25.6 Å². The molecule has 0 atom stereocenters. The van der Waals surface area contributed by atoms with Crippen LogP contribution < -0.4 is 9.64 Å². The Bertz CT molecular complexity index is 864. The number of benzodiazepines with no additional fused rings is 1. The minimum Gasteiger partial charge on any atom is -0.497 e. The first-order chi connectivity index (χ1) is 11.4. The Hall–Kier alpha value is -2.40. The average molecular weight is 347 g/mol. The Labute approximate surface area is 144 Å². The van der Waals surface area contributed by atoms with Crippen LogP contribution in [0.15, 0.2) is 35.3 Å². The molecule has 2 aromatic rings. The number of aryl methyl sites for hydroxylation is 1. The highest BCUT2D eigenvalue weighted by Gasteiger charge is 2.27. The Morgan fingerprint density at radius 2 is 2.04 bits per heavy atom. The lowest BCUT2D eigenvalue weighted by Gasteiger charge is -2.20. The van der Waals surface area contributed by atoms with Crippen LogP contribution in [0, 0.1) is 12.7 Å². The van der Waals surface area contributed by atoms with E-state index < -0.39 is 5.82 Å². The number of hydrogen-bond acceptors (Lipinski definition) is 3. The lowest BCUT2D eigenvalue weighted by Crippen LogP contribution is -2.27. The summed E-state index contributed by atoms with van der Waals surface area (Å²) in [6.45, 7) is 1.78. The van der Waals surface area contributed by atoms with Crippen molar-refractivity contribution < 1.29 is 13.9 Å². The summed E-state index contributed by atoms with van der Waals surface area (Å²) in [6.07, 6.45) is 0. The van der Waals surface area contributed by atoms with Gasteiger partial charge in [0.05, 0.1) is 23.5 Å². The smallest absolute Gasteiger partial charge is 0.248 e. The highest BCUT2D eigenvalue weighted by atomic mass is 35.5. The number of amides is 1. The number of nitrogens with zero attached hydrogens (tertiary/aromatic N) is 2. The van der Waals surface area contributed by atoms with Gasteiger partial charge in [-0.2, -0.15) is 0 Å². The fourth-order valence-electron chi connectivity index (χ4n) is 2.67. The Balaban J connectivity index is 2.32. The molecule has 1 aliphatic rings. The molecular formula is C18H16ClFN2O2. The van der Waals surface area contributed by atoms with Crippen molar-refractivity contribution in [2.45, 2.75) is 6.92 Å². The number of rotatable bonds is 2. The Kier molecular flexibility index (Phi) is 4.28. The van der Waals surface area contributed by atoms with E-state index in [1.165, 1.54) is 24.1 Å². The van der Waals surface area contributed by atoms with Gasteiger partial charge < -0.3 is 9.64 Å². The molecule has 0 radical (unpaired) electrons. The van der Waals surface area contributed by atoms with Gasteiger partial charge in [0.25, 0.3) is 0 Å². The van der Waals surface area contributed by atoms with Crippen molar-refractivity contribution in [1.29, 1.82) is 0 Å². The topological polar surface area (TPSA) is 41.9 Å². The van der Waals surface area contributed by atoms with Crippen LogP contribution in [0.1, 0.15) is 16.7 Å². The lowest BCUT2D eigenvalue weighted by molar-refractivity contribution is -0.116. The number of carbonyl (C=O) groups is 1. The van der Waals surface area contributed by atoms with Crippen LogP contribution in [0.3, 0.4) is 0 Å². The third kappa shape index (κ3) is 2.65. The monoisotopic (exact) mass is 346 g/mol. The molecule has 3 rings (SSSR count). The molecule has 124 valence electrons. The van der Waals surface area contributed by atoms with Gasteiger partial charge in [-0.3, -0.25) is 9.79 Å². The van der Waals surface area contributed by atoms with Gasteiger partial charge in [0.2, 0.25) is 5.91 Å². The normalized spacial score (nSPS) is 14.1. The fraction of sp³-hybridized carbons (Fsp3) is 0.222. The summed E-state index contributed by atoms with van der Waals surface area (Å²) in [6, 6.07) is 8.04.